The van der Waals surface area contributed by atoms with E-state index in [4.69, 9.17) is 0 Å². The fourth-order valence-electron chi connectivity index (χ4n) is 2.08. The average Bonchev–Trinajstić information content (AvgIpc) is 2.66. The van der Waals surface area contributed by atoms with Crippen molar-refractivity contribution in [3.05, 3.63) is 60.9 Å². The van der Waals surface area contributed by atoms with E-state index in [1.54, 1.807) is 0 Å². The van der Waals surface area contributed by atoms with Crippen molar-refractivity contribution < 1.29 is 0 Å². The highest BCUT2D eigenvalue weighted by Gasteiger charge is 2.18. The van der Waals surface area contributed by atoms with E-state index in [1.165, 1.54) is 0 Å². The summed E-state index contributed by atoms with van der Waals surface area (Å²) < 4.78 is 0. The highest BCUT2D eigenvalue weighted by molar-refractivity contribution is 5.83. The van der Waals surface area contributed by atoms with Crippen LogP contribution < -0.4 is 15.5 Å². The maximum atomic E-state index is 3.96. The number of fused-ring (bicyclic) bond motifs is 1. The molecule has 1 aliphatic rings. The highest BCUT2D eigenvalue weighted by atomic mass is 15.3. The van der Waals surface area contributed by atoms with Crippen LogP contribution in [0.3, 0.4) is 0 Å². The van der Waals surface area contributed by atoms with E-state index < -0.39 is 0 Å². The lowest BCUT2D eigenvalue weighted by molar-refractivity contribution is 1.17. The van der Waals surface area contributed by atoms with Gasteiger partial charge >= 0.3 is 0 Å². The molecule has 0 saturated heterocycles. The standard InChI is InChI=1S/C15H15N3/c1-11-16-14-10-13(8-9-15(14)18(11)2)17-12-6-4-3-5-7-12/h3-10,16-17H,1H2,2H3. The monoisotopic (exact) mass is 237 g/mol. The first-order chi connectivity index (χ1) is 8.74. The normalized spacial score (nSPS) is 13.2. The molecule has 0 saturated carbocycles. The molecule has 1 aliphatic heterocycles. The quantitative estimate of drug-likeness (QED) is 0.832. The average molecular weight is 237 g/mol. The van der Waals surface area contributed by atoms with Crippen LogP contribution in [0.25, 0.3) is 0 Å². The molecule has 0 atom stereocenters. The molecule has 2 aromatic carbocycles. The van der Waals surface area contributed by atoms with Crippen LogP contribution in [0, 0.1) is 0 Å². The third-order valence-corrected chi connectivity index (χ3v) is 3.10. The first kappa shape index (κ1) is 10.7. The van der Waals surface area contributed by atoms with Gasteiger partial charge in [-0.2, -0.15) is 0 Å². The summed E-state index contributed by atoms with van der Waals surface area (Å²) in [4.78, 5) is 2.04. The minimum atomic E-state index is 0.905. The molecule has 3 rings (SSSR count). The molecular weight excluding hydrogens is 222 g/mol. The number of hydrogen-bond acceptors (Lipinski definition) is 3. The second-order valence-corrected chi connectivity index (χ2v) is 4.35. The zero-order chi connectivity index (χ0) is 12.5. The predicted octanol–water partition coefficient (Wildman–Crippen LogP) is 3.76. The smallest absolute Gasteiger partial charge is 0.103 e. The van der Waals surface area contributed by atoms with E-state index in [0.29, 0.717) is 0 Å². The van der Waals surface area contributed by atoms with Crippen LogP contribution in [0.2, 0.25) is 0 Å². The summed E-state index contributed by atoms with van der Waals surface area (Å²) in [5.41, 5.74) is 4.39. The van der Waals surface area contributed by atoms with E-state index >= 15 is 0 Å². The van der Waals surface area contributed by atoms with Gasteiger partial charge in [0.25, 0.3) is 0 Å². The Morgan fingerprint density at radius 2 is 1.83 bits per heavy atom. The van der Waals surface area contributed by atoms with Crippen molar-refractivity contribution in [1.29, 1.82) is 0 Å². The second kappa shape index (κ2) is 4.11. The Hall–Kier alpha value is -2.42. The Kier molecular flexibility index (Phi) is 2.45. The fraction of sp³-hybridized carbons (Fsp3) is 0.0667. The van der Waals surface area contributed by atoms with Crippen LogP contribution in [-0.4, -0.2) is 7.05 Å². The zero-order valence-corrected chi connectivity index (χ0v) is 10.3. The molecule has 0 radical (unpaired) electrons. The maximum Gasteiger partial charge on any atom is 0.103 e. The number of nitrogens with one attached hydrogen (secondary N) is 2. The molecule has 90 valence electrons. The molecule has 18 heavy (non-hydrogen) atoms. The van der Waals surface area contributed by atoms with Gasteiger partial charge in [0.1, 0.15) is 5.82 Å². The number of rotatable bonds is 2. The van der Waals surface area contributed by atoms with Crippen molar-refractivity contribution >= 4 is 22.7 Å². The van der Waals surface area contributed by atoms with E-state index in [0.717, 1.165) is 28.6 Å². The molecule has 0 amide bonds. The fourth-order valence-corrected chi connectivity index (χ4v) is 2.08. The third kappa shape index (κ3) is 1.80. The van der Waals surface area contributed by atoms with Crippen LogP contribution in [0.15, 0.2) is 60.9 Å². The summed E-state index contributed by atoms with van der Waals surface area (Å²) in [5, 5.41) is 6.64. The highest BCUT2D eigenvalue weighted by Crippen LogP contribution is 2.36. The Labute approximate surface area is 107 Å². The summed E-state index contributed by atoms with van der Waals surface area (Å²) >= 11 is 0. The molecule has 0 spiro atoms. The van der Waals surface area contributed by atoms with Crippen molar-refractivity contribution in [1.82, 2.24) is 0 Å². The first-order valence-electron chi connectivity index (χ1n) is 5.90. The minimum Gasteiger partial charge on any atom is -0.355 e. The molecule has 3 nitrogen and oxygen atoms in total. The molecule has 0 aliphatic carbocycles. The van der Waals surface area contributed by atoms with Crippen LogP contribution in [0.1, 0.15) is 0 Å². The van der Waals surface area contributed by atoms with Crippen LogP contribution in [-0.2, 0) is 0 Å². The van der Waals surface area contributed by atoms with Gasteiger partial charge in [0, 0.05) is 18.4 Å². The first-order valence-corrected chi connectivity index (χ1v) is 5.90. The van der Waals surface area contributed by atoms with Crippen molar-refractivity contribution in [3.63, 3.8) is 0 Å². The largest absolute Gasteiger partial charge is 0.355 e. The maximum absolute atomic E-state index is 3.96. The Bertz CT molecular complexity index is 590. The van der Waals surface area contributed by atoms with Gasteiger partial charge in [-0.15, -0.1) is 0 Å². The summed E-state index contributed by atoms with van der Waals surface area (Å²) in [6, 6.07) is 16.4. The molecule has 0 fully saturated rings. The number of nitrogens with zero attached hydrogens (tertiary/aromatic N) is 1. The number of hydrogen-bond donors (Lipinski definition) is 2. The number of benzene rings is 2. The molecule has 1 heterocycles. The summed E-state index contributed by atoms with van der Waals surface area (Å²) in [6.07, 6.45) is 0. The van der Waals surface area contributed by atoms with Crippen molar-refractivity contribution in [2.45, 2.75) is 0 Å². The summed E-state index contributed by atoms with van der Waals surface area (Å²) in [6.45, 7) is 3.96. The molecule has 2 aromatic rings. The number of para-hydroxylation sites is 1. The number of anilines is 4. The van der Waals surface area contributed by atoms with E-state index in [1.807, 2.05) is 42.3 Å². The minimum absolute atomic E-state index is 0.905. The van der Waals surface area contributed by atoms with E-state index in [-0.39, 0.29) is 0 Å². The van der Waals surface area contributed by atoms with Gasteiger partial charge in [-0.1, -0.05) is 24.8 Å². The summed E-state index contributed by atoms with van der Waals surface area (Å²) in [7, 11) is 2.01. The molecule has 3 heteroatoms. The van der Waals surface area contributed by atoms with E-state index in [9.17, 15) is 0 Å². The summed E-state index contributed by atoms with van der Waals surface area (Å²) in [5.74, 6) is 0.905. The van der Waals surface area contributed by atoms with Gasteiger partial charge in [0.15, 0.2) is 0 Å². The molecule has 2 N–H and O–H groups in total. The molecule has 0 bridgehead atoms. The van der Waals surface area contributed by atoms with Gasteiger partial charge < -0.3 is 15.5 Å². The van der Waals surface area contributed by atoms with Crippen molar-refractivity contribution in [3.8, 4) is 0 Å². The zero-order valence-electron chi connectivity index (χ0n) is 10.3. The third-order valence-electron chi connectivity index (χ3n) is 3.10. The molecule has 0 unspecified atom stereocenters. The lowest BCUT2D eigenvalue weighted by Gasteiger charge is -2.12. The molecular formula is C15H15N3. The van der Waals surface area contributed by atoms with Gasteiger partial charge in [-0.25, -0.2) is 0 Å². The van der Waals surface area contributed by atoms with Gasteiger partial charge in [0.2, 0.25) is 0 Å². The van der Waals surface area contributed by atoms with Crippen LogP contribution >= 0.6 is 0 Å². The lowest BCUT2D eigenvalue weighted by Crippen LogP contribution is -2.12. The SMILES string of the molecule is C=C1Nc2cc(Nc3ccccc3)ccc2N1C. The van der Waals surface area contributed by atoms with Crippen LogP contribution in [0.5, 0.6) is 0 Å². The topological polar surface area (TPSA) is 27.3 Å². The van der Waals surface area contributed by atoms with Gasteiger partial charge in [-0.3, -0.25) is 0 Å². The predicted molar refractivity (Wildman–Crippen MR) is 77.3 cm³/mol. The Balaban J connectivity index is 1.88. The Morgan fingerprint density at radius 1 is 1.06 bits per heavy atom. The second-order valence-electron chi connectivity index (χ2n) is 4.35. The van der Waals surface area contributed by atoms with Crippen LogP contribution in [0.4, 0.5) is 22.7 Å². The van der Waals surface area contributed by atoms with E-state index in [2.05, 4.69) is 35.4 Å². The van der Waals surface area contributed by atoms with Crippen molar-refractivity contribution in [2.24, 2.45) is 0 Å². The van der Waals surface area contributed by atoms with Gasteiger partial charge in [-0.05, 0) is 30.3 Å². The Morgan fingerprint density at radius 3 is 2.61 bits per heavy atom. The molecule has 0 aromatic heterocycles. The lowest BCUT2D eigenvalue weighted by atomic mass is 10.2. The van der Waals surface area contributed by atoms with Gasteiger partial charge in [0.05, 0.1) is 11.4 Å². The van der Waals surface area contributed by atoms with Crippen molar-refractivity contribution in [2.75, 3.05) is 22.6 Å².